The van der Waals surface area contributed by atoms with Gasteiger partial charge in [-0.2, -0.15) is 4.98 Å². The summed E-state index contributed by atoms with van der Waals surface area (Å²) in [5.41, 5.74) is 1.54. The van der Waals surface area contributed by atoms with Crippen molar-refractivity contribution in [3.05, 3.63) is 66.3 Å². The van der Waals surface area contributed by atoms with Gasteiger partial charge in [-0.1, -0.05) is 23.4 Å². The molecule has 4 rings (SSSR count). The van der Waals surface area contributed by atoms with Crippen molar-refractivity contribution in [2.24, 2.45) is 0 Å². The molecule has 0 radical (unpaired) electrons. The fourth-order valence-corrected chi connectivity index (χ4v) is 2.85. The third-order valence-corrected chi connectivity index (χ3v) is 4.09. The number of hydrogen-bond donors (Lipinski definition) is 0. The van der Waals surface area contributed by atoms with Crippen LogP contribution < -0.4 is 4.90 Å². The van der Waals surface area contributed by atoms with Crippen molar-refractivity contribution in [3.63, 3.8) is 0 Å². The van der Waals surface area contributed by atoms with E-state index in [1.54, 1.807) is 17.0 Å². The molecule has 1 aromatic heterocycles. The molecule has 6 heteroatoms. The van der Waals surface area contributed by atoms with Crippen LogP contribution in [-0.4, -0.2) is 22.6 Å². The predicted molar refractivity (Wildman–Crippen MR) is 85.8 cm³/mol. The summed E-state index contributed by atoms with van der Waals surface area (Å²) in [5, 5.41) is 3.95. The van der Waals surface area contributed by atoms with Gasteiger partial charge in [-0.25, -0.2) is 4.39 Å². The second-order valence-corrected chi connectivity index (χ2v) is 5.70. The zero-order chi connectivity index (χ0) is 16.5. The molecule has 3 aromatic rings. The lowest BCUT2D eigenvalue weighted by molar-refractivity contribution is -0.117. The Kier molecular flexibility index (Phi) is 3.57. The molecule has 24 heavy (non-hydrogen) atoms. The second kappa shape index (κ2) is 5.88. The van der Waals surface area contributed by atoms with Gasteiger partial charge < -0.3 is 9.42 Å². The minimum atomic E-state index is -0.317. The Morgan fingerprint density at radius 1 is 1.08 bits per heavy atom. The Bertz CT molecular complexity index is 861. The van der Waals surface area contributed by atoms with E-state index < -0.39 is 0 Å². The lowest BCUT2D eigenvalue weighted by Crippen LogP contribution is -2.24. The Hall–Kier alpha value is -3.02. The average Bonchev–Trinajstić information content (AvgIpc) is 3.23. The van der Waals surface area contributed by atoms with E-state index in [-0.39, 0.29) is 17.6 Å². The highest BCUT2D eigenvalue weighted by molar-refractivity contribution is 5.96. The Labute approximate surface area is 137 Å². The molecule has 2 aromatic carbocycles. The maximum Gasteiger partial charge on any atom is 0.232 e. The topological polar surface area (TPSA) is 59.2 Å². The average molecular weight is 323 g/mol. The van der Waals surface area contributed by atoms with Crippen molar-refractivity contribution in [2.75, 3.05) is 11.4 Å². The molecule has 0 bridgehead atoms. The minimum Gasteiger partial charge on any atom is -0.339 e. The summed E-state index contributed by atoms with van der Waals surface area (Å²) in [6.07, 6.45) is 0.333. The summed E-state index contributed by atoms with van der Waals surface area (Å²) in [5.74, 6) is 0.409. The van der Waals surface area contributed by atoms with Crippen LogP contribution in [0.15, 0.2) is 59.1 Å². The fourth-order valence-electron chi connectivity index (χ4n) is 2.85. The number of para-hydroxylation sites is 1. The molecule has 1 saturated heterocycles. The normalized spacial score (nSPS) is 17.5. The molecule has 0 saturated carbocycles. The Morgan fingerprint density at radius 2 is 1.83 bits per heavy atom. The van der Waals surface area contributed by atoms with Gasteiger partial charge in [0.1, 0.15) is 5.82 Å². The van der Waals surface area contributed by atoms with Crippen LogP contribution in [0.5, 0.6) is 0 Å². The van der Waals surface area contributed by atoms with Gasteiger partial charge in [0, 0.05) is 24.2 Å². The highest BCUT2D eigenvalue weighted by Crippen LogP contribution is 2.31. The van der Waals surface area contributed by atoms with Crippen LogP contribution in [0, 0.1) is 5.82 Å². The summed E-state index contributed by atoms with van der Waals surface area (Å²) in [7, 11) is 0. The van der Waals surface area contributed by atoms with Gasteiger partial charge >= 0.3 is 0 Å². The van der Waals surface area contributed by atoms with E-state index in [1.165, 1.54) is 12.1 Å². The highest BCUT2D eigenvalue weighted by Gasteiger charge is 2.35. The lowest BCUT2D eigenvalue weighted by atomic mass is 10.1. The van der Waals surface area contributed by atoms with E-state index in [2.05, 4.69) is 10.1 Å². The number of carbonyl (C=O) groups is 1. The molecule has 1 fully saturated rings. The number of rotatable bonds is 3. The maximum absolute atomic E-state index is 13.0. The summed E-state index contributed by atoms with van der Waals surface area (Å²) in [6, 6.07) is 15.4. The number of halogens is 1. The molecule has 0 aliphatic carbocycles. The van der Waals surface area contributed by atoms with E-state index in [9.17, 15) is 9.18 Å². The second-order valence-electron chi connectivity index (χ2n) is 5.70. The van der Waals surface area contributed by atoms with Crippen molar-refractivity contribution in [3.8, 4) is 11.4 Å². The van der Waals surface area contributed by atoms with Gasteiger partial charge in [0.15, 0.2) is 0 Å². The van der Waals surface area contributed by atoms with Gasteiger partial charge in [0.25, 0.3) is 0 Å². The summed E-state index contributed by atoms with van der Waals surface area (Å²) in [6.45, 7) is 0.508. The van der Waals surface area contributed by atoms with E-state index in [1.807, 2.05) is 30.3 Å². The predicted octanol–water partition coefficient (Wildman–Crippen LogP) is 3.40. The molecular weight excluding hydrogens is 309 g/mol. The molecule has 1 amide bonds. The molecule has 5 nitrogen and oxygen atoms in total. The van der Waals surface area contributed by atoms with Gasteiger partial charge in [0.2, 0.25) is 17.6 Å². The molecule has 1 aliphatic heterocycles. The Morgan fingerprint density at radius 3 is 2.58 bits per heavy atom. The van der Waals surface area contributed by atoms with Crippen molar-refractivity contribution < 1.29 is 13.7 Å². The first-order valence-electron chi connectivity index (χ1n) is 7.65. The summed E-state index contributed by atoms with van der Waals surface area (Å²) in [4.78, 5) is 18.4. The maximum atomic E-state index is 13.0. The number of nitrogens with zero attached hydrogens (tertiary/aromatic N) is 3. The molecule has 0 N–H and O–H groups in total. The van der Waals surface area contributed by atoms with Gasteiger partial charge in [-0.05, 0) is 36.4 Å². The lowest BCUT2D eigenvalue weighted by Gasteiger charge is -2.15. The zero-order valence-corrected chi connectivity index (χ0v) is 12.7. The van der Waals surface area contributed by atoms with Crippen LogP contribution >= 0.6 is 0 Å². The van der Waals surface area contributed by atoms with Crippen LogP contribution in [0.1, 0.15) is 18.2 Å². The molecule has 2 heterocycles. The first-order chi connectivity index (χ1) is 11.7. The zero-order valence-electron chi connectivity index (χ0n) is 12.7. The van der Waals surface area contributed by atoms with Crippen molar-refractivity contribution in [2.45, 2.75) is 12.3 Å². The van der Waals surface area contributed by atoms with E-state index in [4.69, 9.17) is 4.52 Å². The molecule has 0 spiro atoms. The number of hydrogen-bond acceptors (Lipinski definition) is 4. The highest BCUT2D eigenvalue weighted by atomic mass is 19.1. The standard InChI is InChI=1S/C18H14FN3O2/c19-14-8-6-12(7-9-14)17-20-18(24-21-17)13-10-16(23)22(11-13)15-4-2-1-3-5-15/h1-9,13H,10-11H2. The number of benzene rings is 2. The smallest absolute Gasteiger partial charge is 0.232 e. The fraction of sp³-hybridized carbons (Fsp3) is 0.167. The van der Waals surface area contributed by atoms with Crippen LogP contribution in [0.25, 0.3) is 11.4 Å². The van der Waals surface area contributed by atoms with E-state index in [0.29, 0.717) is 30.2 Å². The molecule has 1 aliphatic rings. The summed E-state index contributed by atoms with van der Waals surface area (Å²) >= 11 is 0. The van der Waals surface area contributed by atoms with Crippen LogP contribution in [0.2, 0.25) is 0 Å². The Balaban J connectivity index is 1.55. The first kappa shape index (κ1) is 14.6. The molecular formula is C18H14FN3O2. The third kappa shape index (κ3) is 2.67. The quantitative estimate of drug-likeness (QED) is 0.741. The van der Waals surface area contributed by atoms with Crippen LogP contribution in [-0.2, 0) is 4.79 Å². The van der Waals surface area contributed by atoms with Gasteiger partial charge in [0.05, 0.1) is 5.92 Å². The first-order valence-corrected chi connectivity index (χ1v) is 7.65. The molecule has 1 atom stereocenters. The van der Waals surface area contributed by atoms with Crippen LogP contribution in [0.3, 0.4) is 0 Å². The number of amides is 1. The van der Waals surface area contributed by atoms with E-state index in [0.717, 1.165) is 5.69 Å². The van der Waals surface area contributed by atoms with Gasteiger partial charge in [-0.15, -0.1) is 0 Å². The number of aromatic nitrogens is 2. The van der Waals surface area contributed by atoms with E-state index >= 15 is 0 Å². The number of carbonyl (C=O) groups excluding carboxylic acids is 1. The molecule has 120 valence electrons. The number of anilines is 1. The van der Waals surface area contributed by atoms with Crippen molar-refractivity contribution >= 4 is 11.6 Å². The third-order valence-electron chi connectivity index (χ3n) is 4.09. The van der Waals surface area contributed by atoms with Gasteiger partial charge in [-0.3, -0.25) is 4.79 Å². The minimum absolute atomic E-state index is 0.0349. The van der Waals surface area contributed by atoms with Crippen LogP contribution in [0.4, 0.5) is 10.1 Å². The van der Waals surface area contributed by atoms with Crippen molar-refractivity contribution in [1.82, 2.24) is 10.1 Å². The monoisotopic (exact) mass is 323 g/mol. The summed E-state index contributed by atoms with van der Waals surface area (Å²) < 4.78 is 18.3. The molecule has 1 unspecified atom stereocenters. The largest absolute Gasteiger partial charge is 0.339 e. The van der Waals surface area contributed by atoms with Crippen molar-refractivity contribution in [1.29, 1.82) is 0 Å². The SMILES string of the molecule is O=C1CC(c2nc(-c3ccc(F)cc3)no2)CN1c1ccccc1.